The van der Waals surface area contributed by atoms with E-state index >= 15 is 0 Å². The van der Waals surface area contributed by atoms with Crippen molar-refractivity contribution in [2.75, 3.05) is 6.54 Å². The van der Waals surface area contributed by atoms with Crippen molar-refractivity contribution in [3.05, 3.63) is 4.91 Å². The molecule has 0 spiro atoms. The lowest BCUT2D eigenvalue weighted by Crippen LogP contribution is -2.43. The molecule has 0 unspecified atom stereocenters. The molecule has 0 aromatic carbocycles. The van der Waals surface area contributed by atoms with E-state index in [0.29, 0.717) is 6.54 Å². The van der Waals surface area contributed by atoms with Crippen molar-refractivity contribution in [1.82, 2.24) is 10.3 Å². The maximum Gasteiger partial charge on any atom is 0.340 e. The van der Waals surface area contributed by atoms with Gasteiger partial charge in [0.05, 0.1) is 5.29 Å². The fraction of sp³-hybridized carbons (Fsp3) is 0.909. The molecular formula is C11H21N3O2. The van der Waals surface area contributed by atoms with Crippen LogP contribution in [0.3, 0.4) is 0 Å². The Kier molecular flexibility index (Phi) is 5.82. The Morgan fingerprint density at radius 1 is 1.38 bits per heavy atom. The summed E-state index contributed by atoms with van der Waals surface area (Å²) in [5, 5.41) is 6.63. The van der Waals surface area contributed by atoms with Gasteiger partial charge < -0.3 is 5.32 Å². The first-order valence-corrected chi connectivity index (χ1v) is 6.19. The molecule has 1 N–H and O–H groups in total. The normalized spacial score (nSPS) is 16.8. The van der Waals surface area contributed by atoms with Crippen molar-refractivity contribution in [3.8, 4) is 0 Å². The molecule has 0 bridgehead atoms. The van der Waals surface area contributed by atoms with Gasteiger partial charge in [-0.1, -0.05) is 32.6 Å². The number of nitrogens with one attached hydrogen (secondary N) is 1. The van der Waals surface area contributed by atoms with Crippen LogP contribution in [-0.2, 0) is 0 Å². The Balaban J connectivity index is 2.32. The first-order valence-electron chi connectivity index (χ1n) is 6.19. The van der Waals surface area contributed by atoms with Gasteiger partial charge >= 0.3 is 6.03 Å². The topological polar surface area (TPSA) is 61.8 Å². The molecule has 0 aromatic rings. The molecule has 0 radical (unpaired) electrons. The van der Waals surface area contributed by atoms with Crippen LogP contribution in [-0.4, -0.2) is 23.6 Å². The van der Waals surface area contributed by atoms with Crippen molar-refractivity contribution < 1.29 is 4.79 Å². The third-order valence-electron chi connectivity index (χ3n) is 2.99. The van der Waals surface area contributed by atoms with Crippen LogP contribution in [0.2, 0.25) is 0 Å². The van der Waals surface area contributed by atoms with E-state index in [0.717, 1.165) is 43.5 Å². The molecule has 5 heteroatoms. The molecule has 1 aliphatic carbocycles. The molecule has 0 heterocycles. The number of nitrogens with zero attached hydrogens (tertiary/aromatic N) is 2. The number of urea groups is 1. The average Bonchev–Trinajstić information content (AvgIpc) is 2.31. The molecule has 1 fully saturated rings. The van der Waals surface area contributed by atoms with Gasteiger partial charge in [-0.3, -0.25) is 0 Å². The Morgan fingerprint density at radius 2 is 2.06 bits per heavy atom. The zero-order valence-electron chi connectivity index (χ0n) is 9.95. The number of amides is 2. The molecule has 16 heavy (non-hydrogen) atoms. The minimum absolute atomic E-state index is 0.229. The maximum absolute atomic E-state index is 11.7. The number of rotatable bonds is 5. The van der Waals surface area contributed by atoms with Gasteiger partial charge in [0.15, 0.2) is 0 Å². The highest BCUT2D eigenvalue weighted by atomic mass is 16.3. The number of hydrogen-bond donors (Lipinski definition) is 1. The van der Waals surface area contributed by atoms with Crippen molar-refractivity contribution in [2.24, 2.45) is 5.29 Å². The van der Waals surface area contributed by atoms with Gasteiger partial charge in [0.1, 0.15) is 0 Å². The van der Waals surface area contributed by atoms with E-state index in [1.54, 1.807) is 0 Å². The lowest BCUT2D eigenvalue weighted by molar-refractivity contribution is 0.190. The third-order valence-corrected chi connectivity index (χ3v) is 2.99. The number of nitroso groups, excluding NO2 is 1. The van der Waals surface area contributed by atoms with E-state index in [-0.39, 0.29) is 12.1 Å². The number of hydrogen-bond acceptors (Lipinski definition) is 3. The first kappa shape index (κ1) is 12.9. The molecule has 92 valence electrons. The fourth-order valence-electron chi connectivity index (χ4n) is 1.98. The molecule has 5 nitrogen and oxygen atoms in total. The van der Waals surface area contributed by atoms with Crippen LogP contribution in [0.5, 0.6) is 0 Å². The highest BCUT2D eigenvalue weighted by Gasteiger charge is 2.19. The summed E-state index contributed by atoms with van der Waals surface area (Å²) in [6.07, 6.45) is 7.37. The van der Waals surface area contributed by atoms with Gasteiger partial charge in [-0.15, -0.1) is 4.91 Å². The van der Waals surface area contributed by atoms with E-state index in [1.165, 1.54) is 6.42 Å². The summed E-state index contributed by atoms with van der Waals surface area (Å²) in [4.78, 5) is 22.2. The molecule has 1 rings (SSSR count). The van der Waals surface area contributed by atoms with E-state index in [9.17, 15) is 9.70 Å². The smallest absolute Gasteiger partial charge is 0.334 e. The molecule has 1 aliphatic rings. The molecular weight excluding hydrogens is 206 g/mol. The van der Waals surface area contributed by atoms with Crippen LogP contribution in [0.15, 0.2) is 5.29 Å². The van der Waals surface area contributed by atoms with Gasteiger partial charge in [0, 0.05) is 12.6 Å². The van der Waals surface area contributed by atoms with Crippen LogP contribution < -0.4 is 5.32 Å². The third kappa shape index (κ3) is 4.16. The van der Waals surface area contributed by atoms with Gasteiger partial charge in [-0.05, 0) is 19.3 Å². The molecule has 0 aromatic heterocycles. The number of carbonyl (C=O) groups excluding carboxylic acids is 1. The van der Waals surface area contributed by atoms with Crippen LogP contribution in [0.1, 0.15) is 51.9 Å². The van der Waals surface area contributed by atoms with Crippen LogP contribution in [0.25, 0.3) is 0 Å². The van der Waals surface area contributed by atoms with Gasteiger partial charge in [0.25, 0.3) is 0 Å². The second kappa shape index (κ2) is 7.19. The molecule has 0 saturated heterocycles. The second-order valence-corrected chi connectivity index (χ2v) is 4.34. The highest BCUT2D eigenvalue weighted by molar-refractivity contribution is 5.74. The average molecular weight is 227 g/mol. The summed E-state index contributed by atoms with van der Waals surface area (Å²) in [5.41, 5.74) is 0. The Hall–Kier alpha value is -1.13. The van der Waals surface area contributed by atoms with E-state index in [4.69, 9.17) is 0 Å². The number of unbranched alkanes of at least 4 members (excludes halogenated alkanes) is 1. The minimum atomic E-state index is -0.338. The van der Waals surface area contributed by atoms with E-state index in [1.807, 2.05) is 6.92 Å². The second-order valence-electron chi connectivity index (χ2n) is 4.34. The highest BCUT2D eigenvalue weighted by Crippen LogP contribution is 2.17. The Labute approximate surface area is 96.5 Å². The summed E-state index contributed by atoms with van der Waals surface area (Å²) >= 11 is 0. The summed E-state index contributed by atoms with van der Waals surface area (Å²) in [6, 6.07) is -0.109. The van der Waals surface area contributed by atoms with Gasteiger partial charge in [0.2, 0.25) is 0 Å². The van der Waals surface area contributed by atoms with Crippen LogP contribution >= 0.6 is 0 Å². The fourth-order valence-corrected chi connectivity index (χ4v) is 1.98. The Morgan fingerprint density at radius 3 is 2.62 bits per heavy atom. The number of carbonyl (C=O) groups is 1. The predicted molar refractivity (Wildman–Crippen MR) is 62.8 cm³/mol. The molecule has 0 aliphatic heterocycles. The minimum Gasteiger partial charge on any atom is -0.334 e. The predicted octanol–water partition coefficient (Wildman–Crippen LogP) is 2.81. The molecule has 1 saturated carbocycles. The quantitative estimate of drug-likeness (QED) is 0.580. The maximum atomic E-state index is 11.7. The molecule has 2 amide bonds. The lowest BCUT2D eigenvalue weighted by Gasteiger charge is -2.24. The zero-order valence-corrected chi connectivity index (χ0v) is 9.95. The van der Waals surface area contributed by atoms with Crippen molar-refractivity contribution in [1.29, 1.82) is 0 Å². The zero-order chi connectivity index (χ0) is 11.8. The summed E-state index contributed by atoms with van der Waals surface area (Å²) in [5.74, 6) is 0. The van der Waals surface area contributed by atoms with Crippen LogP contribution in [0.4, 0.5) is 4.79 Å². The van der Waals surface area contributed by atoms with Crippen LogP contribution in [0, 0.1) is 4.91 Å². The van der Waals surface area contributed by atoms with Gasteiger partial charge in [-0.25, -0.2) is 4.79 Å². The van der Waals surface area contributed by atoms with E-state index < -0.39 is 0 Å². The summed E-state index contributed by atoms with van der Waals surface area (Å²) in [7, 11) is 0. The monoisotopic (exact) mass is 227 g/mol. The first-order chi connectivity index (χ1) is 7.77. The lowest BCUT2D eigenvalue weighted by atomic mass is 9.96. The summed E-state index contributed by atoms with van der Waals surface area (Å²) < 4.78 is 0. The largest absolute Gasteiger partial charge is 0.340 e. The van der Waals surface area contributed by atoms with Crippen molar-refractivity contribution in [3.63, 3.8) is 0 Å². The summed E-state index contributed by atoms with van der Waals surface area (Å²) in [6.45, 7) is 2.43. The van der Waals surface area contributed by atoms with E-state index in [2.05, 4.69) is 10.6 Å². The SMILES string of the molecule is CCCCN(N=O)C(=O)NC1CCCCC1. The molecule has 0 atom stereocenters. The van der Waals surface area contributed by atoms with Crippen molar-refractivity contribution >= 4 is 6.03 Å². The van der Waals surface area contributed by atoms with Crippen molar-refractivity contribution in [2.45, 2.75) is 57.9 Å². The standard InChI is InChI=1S/C11H21N3O2/c1-2-3-9-14(13-16)11(15)12-10-7-5-4-6-8-10/h10H,2-9H2,1H3,(H,12,15). The van der Waals surface area contributed by atoms with Gasteiger partial charge in [-0.2, -0.15) is 5.01 Å². The Bertz CT molecular complexity index is 227.